The molecule has 1 saturated heterocycles. The molecule has 0 amide bonds. The molecular formula is C13H17N3O2S. The van der Waals surface area contributed by atoms with E-state index in [-0.39, 0.29) is 5.92 Å². The van der Waals surface area contributed by atoms with Crippen molar-refractivity contribution >= 4 is 15.5 Å². The Morgan fingerprint density at radius 3 is 3.00 bits per heavy atom. The summed E-state index contributed by atoms with van der Waals surface area (Å²) in [6.07, 6.45) is 5.39. The van der Waals surface area contributed by atoms with E-state index in [0.29, 0.717) is 18.1 Å². The second-order valence-electron chi connectivity index (χ2n) is 5.17. The average molecular weight is 279 g/mol. The minimum absolute atomic E-state index is 0.205. The largest absolute Gasteiger partial charge is 0.326 e. The quantitative estimate of drug-likeness (QED) is 0.900. The van der Waals surface area contributed by atoms with Gasteiger partial charge in [-0.15, -0.1) is 0 Å². The maximum absolute atomic E-state index is 11.5. The summed E-state index contributed by atoms with van der Waals surface area (Å²) >= 11 is 0. The van der Waals surface area contributed by atoms with E-state index in [4.69, 9.17) is 5.73 Å². The van der Waals surface area contributed by atoms with E-state index in [1.807, 2.05) is 28.9 Å². The monoisotopic (exact) mass is 279 g/mol. The van der Waals surface area contributed by atoms with Crippen LogP contribution in [0, 0.1) is 5.92 Å². The van der Waals surface area contributed by atoms with Gasteiger partial charge >= 0.3 is 0 Å². The smallest absolute Gasteiger partial charge is 0.150 e. The number of imidazole rings is 1. The number of hydrogen-bond donors (Lipinski definition) is 1. The number of sulfone groups is 1. The summed E-state index contributed by atoms with van der Waals surface area (Å²) in [6, 6.07) is 3.91. The zero-order valence-corrected chi connectivity index (χ0v) is 11.4. The van der Waals surface area contributed by atoms with Crippen LogP contribution < -0.4 is 5.73 Å². The molecule has 0 aromatic carbocycles. The number of fused-ring (bicyclic) bond motifs is 1. The van der Waals surface area contributed by atoms with Crippen LogP contribution in [0.15, 0.2) is 24.5 Å². The predicted octanol–water partition coefficient (Wildman–Crippen LogP) is 0.770. The SMILES string of the molecule is NCc1cccn2cc(CC3CCS(=O)(=O)C3)nc12. The molecule has 0 radical (unpaired) electrons. The Kier molecular flexibility index (Phi) is 3.06. The van der Waals surface area contributed by atoms with Crippen molar-refractivity contribution in [1.29, 1.82) is 0 Å². The molecule has 2 N–H and O–H groups in total. The van der Waals surface area contributed by atoms with Crippen LogP contribution in [-0.4, -0.2) is 29.3 Å². The minimum atomic E-state index is -2.81. The summed E-state index contributed by atoms with van der Waals surface area (Å²) in [5, 5.41) is 0. The van der Waals surface area contributed by atoms with Crippen molar-refractivity contribution in [1.82, 2.24) is 9.38 Å². The fourth-order valence-corrected chi connectivity index (χ4v) is 4.57. The molecule has 1 fully saturated rings. The molecule has 6 heteroatoms. The Labute approximate surface area is 112 Å². The molecule has 0 saturated carbocycles. The average Bonchev–Trinajstić information content (AvgIpc) is 2.91. The van der Waals surface area contributed by atoms with Gasteiger partial charge in [0.15, 0.2) is 9.84 Å². The van der Waals surface area contributed by atoms with E-state index in [1.165, 1.54) is 0 Å². The van der Waals surface area contributed by atoms with Crippen LogP contribution in [0.1, 0.15) is 17.7 Å². The highest BCUT2D eigenvalue weighted by Crippen LogP contribution is 2.23. The first-order chi connectivity index (χ1) is 9.07. The van der Waals surface area contributed by atoms with Gasteiger partial charge in [0.05, 0.1) is 17.2 Å². The molecule has 1 unspecified atom stereocenters. The van der Waals surface area contributed by atoms with E-state index < -0.39 is 9.84 Å². The molecule has 2 aromatic heterocycles. The molecule has 1 aliphatic heterocycles. The maximum atomic E-state index is 11.5. The van der Waals surface area contributed by atoms with Crippen molar-refractivity contribution in [3.63, 3.8) is 0 Å². The van der Waals surface area contributed by atoms with Crippen LogP contribution in [0.2, 0.25) is 0 Å². The predicted molar refractivity (Wildman–Crippen MR) is 73.5 cm³/mol. The number of pyridine rings is 1. The fraction of sp³-hybridized carbons (Fsp3) is 0.462. The lowest BCUT2D eigenvalue weighted by Gasteiger charge is -2.03. The number of nitrogens with zero attached hydrogens (tertiary/aromatic N) is 2. The zero-order valence-electron chi connectivity index (χ0n) is 10.6. The highest BCUT2D eigenvalue weighted by molar-refractivity contribution is 7.91. The van der Waals surface area contributed by atoms with Gasteiger partial charge in [-0.3, -0.25) is 0 Å². The molecule has 0 aliphatic carbocycles. The second kappa shape index (κ2) is 4.61. The molecule has 0 bridgehead atoms. The minimum Gasteiger partial charge on any atom is -0.326 e. The fourth-order valence-electron chi connectivity index (χ4n) is 2.71. The maximum Gasteiger partial charge on any atom is 0.150 e. The summed E-state index contributed by atoms with van der Waals surface area (Å²) in [4.78, 5) is 4.58. The number of aromatic nitrogens is 2. The van der Waals surface area contributed by atoms with Crippen LogP contribution in [0.4, 0.5) is 0 Å². The van der Waals surface area contributed by atoms with Gasteiger partial charge in [0.25, 0.3) is 0 Å². The summed E-state index contributed by atoms with van der Waals surface area (Å²) in [7, 11) is -2.81. The zero-order chi connectivity index (χ0) is 13.5. The van der Waals surface area contributed by atoms with E-state index in [9.17, 15) is 8.42 Å². The number of rotatable bonds is 3. The van der Waals surface area contributed by atoms with Crippen molar-refractivity contribution in [2.24, 2.45) is 11.7 Å². The Balaban J connectivity index is 1.86. The Hall–Kier alpha value is -1.40. The van der Waals surface area contributed by atoms with E-state index in [2.05, 4.69) is 4.98 Å². The number of hydrogen-bond acceptors (Lipinski definition) is 4. The topological polar surface area (TPSA) is 77.5 Å². The van der Waals surface area contributed by atoms with Crippen LogP contribution in [0.25, 0.3) is 5.65 Å². The summed E-state index contributed by atoms with van der Waals surface area (Å²) in [5.41, 5.74) is 8.52. The number of nitrogens with two attached hydrogens (primary N) is 1. The molecular weight excluding hydrogens is 262 g/mol. The standard InChI is InChI=1S/C13H17N3O2S/c14-7-11-2-1-4-16-8-12(15-13(11)16)6-10-3-5-19(17,18)9-10/h1-2,4,8,10H,3,5-7,9,14H2. The Bertz CT molecular complexity index is 706. The highest BCUT2D eigenvalue weighted by Gasteiger charge is 2.28. The lowest BCUT2D eigenvalue weighted by Crippen LogP contribution is -2.07. The van der Waals surface area contributed by atoms with Gasteiger partial charge < -0.3 is 10.1 Å². The van der Waals surface area contributed by atoms with Gasteiger partial charge in [0.2, 0.25) is 0 Å². The van der Waals surface area contributed by atoms with Crippen molar-refractivity contribution in [2.75, 3.05) is 11.5 Å². The molecule has 19 heavy (non-hydrogen) atoms. The van der Waals surface area contributed by atoms with Crippen LogP contribution >= 0.6 is 0 Å². The van der Waals surface area contributed by atoms with Crippen LogP contribution in [-0.2, 0) is 22.8 Å². The van der Waals surface area contributed by atoms with Gasteiger partial charge in [0.1, 0.15) is 5.65 Å². The van der Waals surface area contributed by atoms with Gasteiger partial charge in [-0.1, -0.05) is 6.07 Å². The van der Waals surface area contributed by atoms with Crippen molar-refractivity contribution in [3.8, 4) is 0 Å². The molecule has 3 heterocycles. The van der Waals surface area contributed by atoms with Crippen molar-refractivity contribution in [2.45, 2.75) is 19.4 Å². The lowest BCUT2D eigenvalue weighted by atomic mass is 10.0. The first-order valence-electron chi connectivity index (χ1n) is 6.43. The summed E-state index contributed by atoms with van der Waals surface area (Å²) in [5.74, 6) is 0.820. The van der Waals surface area contributed by atoms with Gasteiger partial charge in [-0.05, 0) is 24.8 Å². The summed E-state index contributed by atoms with van der Waals surface area (Å²) in [6.45, 7) is 0.457. The molecule has 1 aliphatic rings. The first kappa shape index (κ1) is 12.6. The third-order valence-electron chi connectivity index (χ3n) is 3.66. The van der Waals surface area contributed by atoms with Crippen molar-refractivity contribution in [3.05, 3.63) is 35.8 Å². The second-order valence-corrected chi connectivity index (χ2v) is 7.40. The van der Waals surface area contributed by atoms with Gasteiger partial charge in [0, 0.05) is 24.5 Å². The third-order valence-corrected chi connectivity index (χ3v) is 5.49. The van der Waals surface area contributed by atoms with Crippen LogP contribution in [0.3, 0.4) is 0 Å². The van der Waals surface area contributed by atoms with Gasteiger partial charge in [-0.25, -0.2) is 13.4 Å². The van der Waals surface area contributed by atoms with Crippen LogP contribution in [0.5, 0.6) is 0 Å². The van der Waals surface area contributed by atoms with E-state index in [1.54, 1.807) is 0 Å². The molecule has 102 valence electrons. The highest BCUT2D eigenvalue weighted by atomic mass is 32.2. The Morgan fingerprint density at radius 2 is 2.32 bits per heavy atom. The summed E-state index contributed by atoms with van der Waals surface area (Å²) < 4.78 is 24.9. The van der Waals surface area contributed by atoms with E-state index >= 15 is 0 Å². The normalized spacial score (nSPS) is 22.1. The molecule has 3 rings (SSSR count). The van der Waals surface area contributed by atoms with Gasteiger partial charge in [-0.2, -0.15) is 0 Å². The molecule has 0 spiro atoms. The van der Waals surface area contributed by atoms with Crippen molar-refractivity contribution < 1.29 is 8.42 Å². The molecule has 5 nitrogen and oxygen atoms in total. The first-order valence-corrected chi connectivity index (χ1v) is 8.25. The molecule has 2 aromatic rings. The third kappa shape index (κ3) is 2.50. The Morgan fingerprint density at radius 1 is 1.47 bits per heavy atom. The van der Waals surface area contributed by atoms with E-state index in [0.717, 1.165) is 29.7 Å². The molecule has 1 atom stereocenters. The lowest BCUT2D eigenvalue weighted by molar-refractivity contribution is 0.578.